The second kappa shape index (κ2) is 8.35. The summed E-state index contributed by atoms with van der Waals surface area (Å²) in [5.41, 5.74) is 3.50. The van der Waals surface area contributed by atoms with Gasteiger partial charge in [0.1, 0.15) is 11.7 Å². The number of aromatic amines is 1. The van der Waals surface area contributed by atoms with Gasteiger partial charge in [0.05, 0.1) is 24.8 Å². The van der Waals surface area contributed by atoms with Crippen LogP contribution >= 0.6 is 0 Å². The van der Waals surface area contributed by atoms with Crippen molar-refractivity contribution in [2.75, 3.05) is 13.1 Å². The van der Waals surface area contributed by atoms with Gasteiger partial charge in [-0.2, -0.15) is 5.26 Å². The lowest BCUT2D eigenvalue weighted by Crippen LogP contribution is -2.42. The number of aliphatic hydroxyl groups excluding tert-OH is 1. The molecule has 3 N–H and O–H groups in total. The van der Waals surface area contributed by atoms with Gasteiger partial charge in [0.15, 0.2) is 0 Å². The Kier molecular flexibility index (Phi) is 5.46. The molecule has 8 nitrogen and oxygen atoms in total. The van der Waals surface area contributed by atoms with Crippen molar-refractivity contribution in [3.8, 4) is 17.3 Å². The van der Waals surface area contributed by atoms with Gasteiger partial charge in [-0.1, -0.05) is 24.3 Å². The first-order valence-electron chi connectivity index (χ1n) is 9.76. The van der Waals surface area contributed by atoms with Crippen LogP contribution in [0.3, 0.4) is 0 Å². The zero-order valence-corrected chi connectivity index (χ0v) is 16.3. The topological polar surface area (TPSA) is 122 Å². The maximum absolute atomic E-state index is 12.7. The van der Waals surface area contributed by atoms with E-state index in [2.05, 4.69) is 21.4 Å². The number of aliphatic hydroxyl groups is 1. The highest BCUT2D eigenvalue weighted by atomic mass is 16.3. The molecule has 0 unspecified atom stereocenters. The third-order valence-electron chi connectivity index (χ3n) is 5.35. The molecule has 3 aromatic rings. The first kappa shape index (κ1) is 19.6. The van der Waals surface area contributed by atoms with Crippen LogP contribution < -0.4 is 5.32 Å². The minimum atomic E-state index is -0.411. The van der Waals surface area contributed by atoms with E-state index in [9.17, 15) is 14.7 Å². The molecule has 0 spiro atoms. The van der Waals surface area contributed by atoms with Crippen LogP contribution in [0.4, 0.5) is 0 Å². The highest BCUT2D eigenvalue weighted by Gasteiger charge is 2.28. The summed E-state index contributed by atoms with van der Waals surface area (Å²) < 4.78 is 0. The molecule has 3 heterocycles. The largest absolute Gasteiger partial charge is 0.392 e. The maximum Gasteiger partial charge on any atom is 0.252 e. The number of H-pyrrole nitrogens is 1. The molecule has 152 valence electrons. The van der Waals surface area contributed by atoms with Gasteiger partial charge in [0, 0.05) is 23.8 Å². The normalized spacial score (nSPS) is 15.9. The Bertz CT molecular complexity index is 1130. The van der Waals surface area contributed by atoms with Crippen molar-refractivity contribution in [2.24, 2.45) is 0 Å². The van der Waals surface area contributed by atoms with Crippen LogP contribution in [0, 0.1) is 11.3 Å². The predicted octanol–water partition coefficient (Wildman–Crippen LogP) is 1.97. The molecule has 2 amide bonds. The lowest BCUT2D eigenvalue weighted by molar-refractivity contribution is -0.130. The number of likely N-dealkylation sites (tertiary alicyclic amines) is 1. The number of carbonyl (C=O) groups excluding carboxylic acids is 2. The fraction of sp³-hybridized carbons (Fsp3) is 0.273. The number of hydrogen-bond donors (Lipinski definition) is 3. The van der Waals surface area contributed by atoms with Crippen LogP contribution in [0.25, 0.3) is 22.3 Å². The molecule has 0 bridgehead atoms. The molecule has 30 heavy (non-hydrogen) atoms. The Morgan fingerprint density at radius 2 is 2.10 bits per heavy atom. The highest BCUT2D eigenvalue weighted by molar-refractivity contribution is 6.07. The molecule has 1 aromatic carbocycles. The molecule has 1 fully saturated rings. The Morgan fingerprint density at radius 3 is 2.83 bits per heavy atom. The summed E-state index contributed by atoms with van der Waals surface area (Å²) in [5, 5.41) is 21.6. The lowest BCUT2D eigenvalue weighted by atomic mass is 10.1. The van der Waals surface area contributed by atoms with Crippen LogP contribution in [0.5, 0.6) is 0 Å². The number of amides is 2. The molecule has 0 saturated carbocycles. The number of fused-ring (bicyclic) bond motifs is 1. The van der Waals surface area contributed by atoms with E-state index in [4.69, 9.17) is 5.26 Å². The second-order valence-electron chi connectivity index (χ2n) is 7.22. The van der Waals surface area contributed by atoms with E-state index in [1.807, 2.05) is 30.3 Å². The number of nitriles is 1. The van der Waals surface area contributed by atoms with Crippen molar-refractivity contribution in [3.63, 3.8) is 0 Å². The van der Waals surface area contributed by atoms with Gasteiger partial charge in [-0.25, -0.2) is 4.98 Å². The predicted molar refractivity (Wildman–Crippen MR) is 110 cm³/mol. The molecular weight excluding hydrogens is 382 g/mol. The number of aromatic nitrogens is 2. The summed E-state index contributed by atoms with van der Waals surface area (Å²) in [7, 11) is 0. The fourth-order valence-corrected chi connectivity index (χ4v) is 3.72. The van der Waals surface area contributed by atoms with Crippen molar-refractivity contribution in [3.05, 3.63) is 53.7 Å². The minimum absolute atomic E-state index is 0.0237. The molecule has 1 atom stereocenters. The molecule has 8 heteroatoms. The number of benzene rings is 1. The average Bonchev–Trinajstić information content (AvgIpc) is 3.44. The summed E-state index contributed by atoms with van der Waals surface area (Å²) in [6.07, 6.45) is 3.02. The number of carbonyl (C=O) groups is 2. The molecule has 4 rings (SSSR count). The monoisotopic (exact) mass is 403 g/mol. The Morgan fingerprint density at radius 1 is 1.30 bits per heavy atom. The third kappa shape index (κ3) is 3.75. The van der Waals surface area contributed by atoms with E-state index in [0.29, 0.717) is 29.6 Å². The number of rotatable bonds is 5. The first-order chi connectivity index (χ1) is 14.6. The molecule has 0 aliphatic carbocycles. The first-order valence-corrected chi connectivity index (χ1v) is 9.76. The van der Waals surface area contributed by atoms with Gasteiger partial charge in [-0.05, 0) is 36.1 Å². The van der Waals surface area contributed by atoms with Crippen molar-refractivity contribution in [2.45, 2.75) is 25.5 Å². The van der Waals surface area contributed by atoms with Gasteiger partial charge in [0.25, 0.3) is 5.91 Å². The number of hydrogen-bond acceptors (Lipinski definition) is 5. The SMILES string of the molecule is N#C[C@@H]1CCCN1C(=O)CNC(=O)c1ccnc2[nH]c(-c3ccc(CO)cc3)cc12. The van der Waals surface area contributed by atoms with E-state index >= 15 is 0 Å². The van der Waals surface area contributed by atoms with Crippen molar-refractivity contribution < 1.29 is 14.7 Å². The van der Waals surface area contributed by atoms with Gasteiger partial charge in [-0.3, -0.25) is 9.59 Å². The average molecular weight is 403 g/mol. The fourth-order valence-electron chi connectivity index (χ4n) is 3.72. The molecule has 0 radical (unpaired) electrons. The second-order valence-corrected chi connectivity index (χ2v) is 7.22. The lowest BCUT2D eigenvalue weighted by Gasteiger charge is -2.19. The summed E-state index contributed by atoms with van der Waals surface area (Å²) in [5.74, 6) is -0.624. The zero-order valence-electron chi connectivity index (χ0n) is 16.3. The molecule has 1 aliphatic rings. The molecular formula is C22H21N5O3. The van der Waals surface area contributed by atoms with Gasteiger partial charge in [-0.15, -0.1) is 0 Å². The van der Waals surface area contributed by atoms with Crippen molar-refractivity contribution >= 4 is 22.8 Å². The van der Waals surface area contributed by atoms with E-state index in [-0.39, 0.29) is 25.0 Å². The van der Waals surface area contributed by atoms with Crippen LogP contribution in [-0.2, 0) is 11.4 Å². The minimum Gasteiger partial charge on any atom is -0.392 e. The van der Waals surface area contributed by atoms with Crippen molar-refractivity contribution in [1.29, 1.82) is 5.26 Å². The van der Waals surface area contributed by atoms with E-state index in [1.165, 1.54) is 4.90 Å². The third-order valence-corrected chi connectivity index (χ3v) is 5.35. The van der Waals surface area contributed by atoms with Crippen LogP contribution in [0.1, 0.15) is 28.8 Å². The van der Waals surface area contributed by atoms with Gasteiger partial charge < -0.3 is 20.3 Å². The molecule has 1 saturated heterocycles. The standard InChI is InChI=1S/C22H21N5O3/c23-11-16-2-1-9-27(16)20(29)12-25-22(30)17-7-8-24-21-18(17)10-19(26-21)15-5-3-14(13-28)4-6-15/h3-8,10,16,28H,1-2,9,12-13H2,(H,24,26)(H,25,30)/t16-/m0/s1. The van der Waals surface area contributed by atoms with Crippen molar-refractivity contribution in [1.82, 2.24) is 20.2 Å². The number of nitrogens with zero attached hydrogens (tertiary/aromatic N) is 3. The summed E-state index contributed by atoms with van der Waals surface area (Å²) >= 11 is 0. The Hall–Kier alpha value is -3.70. The zero-order chi connectivity index (χ0) is 21.1. The number of pyridine rings is 1. The molecule has 1 aliphatic heterocycles. The Balaban J connectivity index is 1.52. The van der Waals surface area contributed by atoms with Gasteiger partial charge >= 0.3 is 0 Å². The summed E-state index contributed by atoms with van der Waals surface area (Å²) in [4.78, 5) is 34.1. The maximum atomic E-state index is 12.7. The highest BCUT2D eigenvalue weighted by Crippen LogP contribution is 2.26. The van der Waals surface area contributed by atoms with Crippen LogP contribution in [0.2, 0.25) is 0 Å². The quantitative estimate of drug-likeness (QED) is 0.601. The number of nitrogens with one attached hydrogen (secondary N) is 2. The van der Waals surface area contributed by atoms with E-state index < -0.39 is 6.04 Å². The van der Waals surface area contributed by atoms with E-state index in [0.717, 1.165) is 23.2 Å². The summed E-state index contributed by atoms with van der Waals surface area (Å²) in [6, 6.07) is 12.6. The van der Waals surface area contributed by atoms with Crippen LogP contribution in [-0.4, -0.2) is 50.9 Å². The molecule has 2 aromatic heterocycles. The Labute approximate surface area is 173 Å². The van der Waals surface area contributed by atoms with E-state index in [1.54, 1.807) is 12.3 Å². The van der Waals surface area contributed by atoms with Gasteiger partial charge in [0.2, 0.25) is 5.91 Å². The summed E-state index contributed by atoms with van der Waals surface area (Å²) in [6.45, 7) is 0.369. The smallest absolute Gasteiger partial charge is 0.252 e. The van der Waals surface area contributed by atoms with Crippen LogP contribution in [0.15, 0.2) is 42.6 Å².